The van der Waals surface area contributed by atoms with Gasteiger partial charge in [-0.25, -0.2) is 0 Å². The van der Waals surface area contributed by atoms with Crippen LogP contribution in [0.3, 0.4) is 0 Å². The monoisotopic (exact) mass is 227 g/mol. The molecule has 0 radical (unpaired) electrons. The lowest BCUT2D eigenvalue weighted by atomic mass is 10.1. The third-order valence-electron chi connectivity index (χ3n) is 2.49. The molecule has 4 heteroatoms. The van der Waals surface area contributed by atoms with Crippen LogP contribution in [-0.4, -0.2) is 12.5 Å². The average Bonchev–Trinajstić information content (AvgIpc) is 2.23. The molecule has 0 rings (SSSR count). The molecule has 0 aromatic rings. The first-order valence-corrected chi connectivity index (χ1v) is 6.05. The number of nitrogens with two attached hydrogens (primary N) is 2. The van der Waals surface area contributed by atoms with Crippen LogP contribution in [0.4, 0.5) is 0 Å². The Morgan fingerprint density at radius 2 is 2.00 bits per heavy atom. The van der Waals surface area contributed by atoms with Crippen molar-refractivity contribution < 1.29 is 4.79 Å². The summed E-state index contributed by atoms with van der Waals surface area (Å²) in [5, 5.41) is 3.15. The Hall–Kier alpha value is -1.19. The average molecular weight is 227 g/mol. The zero-order valence-corrected chi connectivity index (χ0v) is 10.5. The van der Waals surface area contributed by atoms with E-state index in [-0.39, 0.29) is 11.8 Å². The number of primary amides is 1. The Labute approximate surface area is 98.5 Å². The number of nitrogens with one attached hydrogen (secondary N) is 1. The smallest absolute Gasteiger partial charge is 0.220 e. The van der Waals surface area contributed by atoms with Crippen molar-refractivity contribution in [2.75, 3.05) is 6.54 Å². The molecule has 0 aromatic carbocycles. The van der Waals surface area contributed by atoms with Crippen LogP contribution in [0, 0.1) is 5.92 Å². The summed E-state index contributed by atoms with van der Waals surface area (Å²) in [6.07, 6.45) is 7.23. The van der Waals surface area contributed by atoms with Crippen molar-refractivity contribution >= 4 is 5.91 Å². The first-order valence-electron chi connectivity index (χ1n) is 6.05. The van der Waals surface area contributed by atoms with E-state index in [4.69, 9.17) is 11.5 Å². The summed E-state index contributed by atoms with van der Waals surface area (Å²) in [6, 6.07) is 0. The van der Waals surface area contributed by atoms with Gasteiger partial charge in [-0.2, -0.15) is 0 Å². The maximum absolute atomic E-state index is 10.8. The molecule has 0 aromatic heterocycles. The Balaban J connectivity index is 3.58. The van der Waals surface area contributed by atoms with Gasteiger partial charge in [0.1, 0.15) is 0 Å². The Bertz CT molecular complexity index is 226. The van der Waals surface area contributed by atoms with Crippen molar-refractivity contribution in [3.8, 4) is 0 Å². The lowest BCUT2D eigenvalue weighted by Gasteiger charge is -2.08. The van der Waals surface area contributed by atoms with Crippen molar-refractivity contribution in [2.24, 2.45) is 17.4 Å². The van der Waals surface area contributed by atoms with Gasteiger partial charge in [0.05, 0.1) is 0 Å². The molecule has 1 amide bonds. The summed E-state index contributed by atoms with van der Waals surface area (Å²) in [7, 11) is 0. The lowest BCUT2D eigenvalue weighted by Crippen LogP contribution is -2.23. The van der Waals surface area contributed by atoms with E-state index in [9.17, 15) is 4.79 Å². The third-order valence-corrected chi connectivity index (χ3v) is 2.49. The van der Waals surface area contributed by atoms with Crippen LogP contribution in [0.5, 0.6) is 0 Å². The standard InChI is InChI=1S/C12H25N3O/c1-3-4-5-6-7-15-9-11(13)8-10(2)12(14)16/h9-10,15H,3-8,13H2,1-2H3,(H2,14,16)/b11-9-. The fraction of sp³-hybridized carbons (Fsp3) is 0.750. The lowest BCUT2D eigenvalue weighted by molar-refractivity contribution is -0.121. The van der Waals surface area contributed by atoms with Crippen LogP contribution in [-0.2, 0) is 4.79 Å². The second-order valence-electron chi connectivity index (χ2n) is 4.24. The van der Waals surface area contributed by atoms with Crippen molar-refractivity contribution in [2.45, 2.75) is 46.0 Å². The van der Waals surface area contributed by atoms with Crippen LogP contribution in [0.15, 0.2) is 11.9 Å². The fourth-order valence-corrected chi connectivity index (χ4v) is 1.37. The van der Waals surface area contributed by atoms with E-state index in [2.05, 4.69) is 12.2 Å². The molecule has 0 bridgehead atoms. The molecule has 0 saturated heterocycles. The minimum absolute atomic E-state index is 0.196. The molecular weight excluding hydrogens is 202 g/mol. The third kappa shape index (κ3) is 8.15. The highest BCUT2D eigenvalue weighted by molar-refractivity contribution is 5.76. The summed E-state index contributed by atoms with van der Waals surface area (Å²) >= 11 is 0. The molecule has 0 heterocycles. The van der Waals surface area contributed by atoms with Gasteiger partial charge in [-0.1, -0.05) is 33.1 Å². The molecule has 0 aliphatic rings. The summed E-state index contributed by atoms with van der Waals surface area (Å²) < 4.78 is 0. The number of rotatable bonds is 9. The molecule has 0 fully saturated rings. The van der Waals surface area contributed by atoms with Gasteiger partial charge in [-0.3, -0.25) is 4.79 Å². The van der Waals surface area contributed by atoms with Crippen molar-refractivity contribution in [1.29, 1.82) is 0 Å². The van der Waals surface area contributed by atoms with Gasteiger partial charge >= 0.3 is 0 Å². The molecular formula is C12H25N3O. The normalized spacial score (nSPS) is 13.5. The van der Waals surface area contributed by atoms with Crippen LogP contribution >= 0.6 is 0 Å². The first-order chi connectivity index (χ1) is 7.57. The van der Waals surface area contributed by atoms with Gasteiger partial charge in [0.2, 0.25) is 5.91 Å². The predicted molar refractivity (Wildman–Crippen MR) is 67.4 cm³/mol. The predicted octanol–water partition coefficient (Wildman–Crippen LogP) is 1.47. The van der Waals surface area contributed by atoms with Crippen LogP contribution < -0.4 is 16.8 Å². The Morgan fingerprint density at radius 1 is 1.31 bits per heavy atom. The topological polar surface area (TPSA) is 81.1 Å². The van der Waals surface area contributed by atoms with E-state index >= 15 is 0 Å². The largest absolute Gasteiger partial charge is 0.401 e. The molecule has 0 saturated carbocycles. The Kier molecular flexibility index (Phi) is 8.39. The van der Waals surface area contributed by atoms with Gasteiger partial charge in [0.15, 0.2) is 0 Å². The van der Waals surface area contributed by atoms with Gasteiger partial charge in [0.25, 0.3) is 0 Å². The molecule has 0 spiro atoms. The molecule has 4 nitrogen and oxygen atoms in total. The van der Waals surface area contributed by atoms with Crippen molar-refractivity contribution in [3.63, 3.8) is 0 Å². The SMILES string of the molecule is CCCCCCN/C=C(\N)CC(C)C(N)=O. The number of carbonyl (C=O) groups is 1. The minimum Gasteiger partial charge on any atom is -0.401 e. The van der Waals surface area contributed by atoms with E-state index in [1.54, 1.807) is 13.1 Å². The van der Waals surface area contributed by atoms with Crippen LogP contribution in [0.2, 0.25) is 0 Å². The van der Waals surface area contributed by atoms with E-state index in [1.165, 1.54) is 19.3 Å². The summed E-state index contributed by atoms with van der Waals surface area (Å²) in [4.78, 5) is 10.8. The molecule has 94 valence electrons. The molecule has 16 heavy (non-hydrogen) atoms. The molecule has 1 unspecified atom stereocenters. The van der Waals surface area contributed by atoms with E-state index in [0.717, 1.165) is 13.0 Å². The number of unbranched alkanes of at least 4 members (excludes halogenated alkanes) is 3. The van der Waals surface area contributed by atoms with Gasteiger partial charge in [0, 0.05) is 24.4 Å². The highest BCUT2D eigenvalue weighted by Crippen LogP contribution is 2.05. The maximum atomic E-state index is 10.8. The minimum atomic E-state index is -0.306. The molecule has 5 N–H and O–H groups in total. The molecule has 0 aliphatic carbocycles. The van der Waals surface area contributed by atoms with Crippen LogP contribution in [0.25, 0.3) is 0 Å². The maximum Gasteiger partial charge on any atom is 0.220 e. The number of amides is 1. The number of hydrogen-bond donors (Lipinski definition) is 3. The van der Waals surface area contributed by atoms with E-state index in [1.807, 2.05) is 0 Å². The van der Waals surface area contributed by atoms with Crippen molar-refractivity contribution in [1.82, 2.24) is 5.32 Å². The second kappa shape index (κ2) is 9.07. The molecule has 1 atom stereocenters. The highest BCUT2D eigenvalue weighted by Gasteiger charge is 2.08. The number of allylic oxidation sites excluding steroid dienone is 1. The van der Waals surface area contributed by atoms with E-state index in [0.29, 0.717) is 12.1 Å². The number of hydrogen-bond acceptors (Lipinski definition) is 3. The highest BCUT2D eigenvalue weighted by atomic mass is 16.1. The zero-order chi connectivity index (χ0) is 12.4. The summed E-state index contributed by atoms with van der Waals surface area (Å²) in [6.45, 7) is 4.91. The Morgan fingerprint density at radius 3 is 2.56 bits per heavy atom. The molecule has 0 aliphatic heterocycles. The summed E-state index contributed by atoms with van der Waals surface area (Å²) in [5.74, 6) is -0.502. The van der Waals surface area contributed by atoms with Gasteiger partial charge < -0.3 is 16.8 Å². The van der Waals surface area contributed by atoms with E-state index < -0.39 is 0 Å². The second-order valence-corrected chi connectivity index (χ2v) is 4.24. The van der Waals surface area contributed by atoms with Crippen molar-refractivity contribution in [3.05, 3.63) is 11.9 Å². The quantitative estimate of drug-likeness (QED) is 0.522. The fourth-order valence-electron chi connectivity index (χ4n) is 1.37. The van der Waals surface area contributed by atoms with Gasteiger partial charge in [-0.05, 0) is 12.8 Å². The zero-order valence-electron chi connectivity index (χ0n) is 10.5. The van der Waals surface area contributed by atoms with Crippen LogP contribution in [0.1, 0.15) is 46.0 Å². The first kappa shape index (κ1) is 14.8. The number of carbonyl (C=O) groups excluding carboxylic acids is 1. The van der Waals surface area contributed by atoms with Gasteiger partial charge in [-0.15, -0.1) is 0 Å². The summed E-state index contributed by atoms with van der Waals surface area (Å²) in [5.41, 5.74) is 11.6.